The monoisotopic (exact) mass is 977 g/mol. The molecular weight excluding hydrogens is 901 g/mol. The molecule has 3 aromatic heterocycles. The van der Waals surface area contributed by atoms with Gasteiger partial charge in [0.2, 0.25) is 0 Å². The minimum Gasteiger partial charge on any atom is -0.457 e. The molecule has 4 heterocycles. The highest BCUT2D eigenvalue weighted by atomic mass is 16.5. The van der Waals surface area contributed by atoms with Gasteiger partial charge in [-0.1, -0.05) is 191 Å². The van der Waals surface area contributed by atoms with Crippen molar-refractivity contribution >= 4 is 76.5 Å². The van der Waals surface area contributed by atoms with E-state index in [2.05, 4.69) is 126 Å². The number of hydrogen-bond donors (Lipinski definition) is 0. The van der Waals surface area contributed by atoms with E-state index < -0.39 is 37.3 Å². The maximum absolute atomic E-state index is 9.89. The SMILES string of the molecule is [2H]C(C)(C)c1ccc(-c2cc(C(C)(C)C)cc(C(C([2H])([2H])[2H])(C([2H])([2H])[2H])C([2H])([2H])[2H])c2)c2c1c1ccccc1c1ccccc1c1cccc3c1n2CN3c1cccc(Oc2ccc3c4ccccc4n(-c4cc(C(C)(C)C)ccn4)c3c2)c1. The number of pyridine rings is 1. The summed E-state index contributed by atoms with van der Waals surface area (Å²) < 4.78 is 101. The van der Waals surface area contributed by atoms with Crippen molar-refractivity contribution in [3.05, 3.63) is 204 Å². The number of ether oxygens (including phenoxy) is 1. The number of rotatable bonds is 6. The van der Waals surface area contributed by atoms with Crippen LogP contribution < -0.4 is 9.64 Å². The molecule has 1 aliphatic rings. The second-order valence-corrected chi connectivity index (χ2v) is 22.2. The maximum atomic E-state index is 9.89. The second-order valence-electron chi connectivity index (χ2n) is 22.2. The van der Waals surface area contributed by atoms with Crippen molar-refractivity contribution in [3.8, 4) is 28.4 Å². The number of aromatic nitrogens is 3. The van der Waals surface area contributed by atoms with Gasteiger partial charge in [0.25, 0.3) is 0 Å². The molecule has 0 bridgehead atoms. The quantitative estimate of drug-likeness (QED) is 0.167. The summed E-state index contributed by atoms with van der Waals surface area (Å²) in [5.74, 6) is 0.874. The Balaban J connectivity index is 1.13. The minimum atomic E-state index is -3.50. The molecule has 0 fully saturated rings. The van der Waals surface area contributed by atoms with Gasteiger partial charge in [0, 0.05) is 64.8 Å². The first-order chi connectivity index (χ1) is 39.5. The summed E-state index contributed by atoms with van der Waals surface area (Å²) in [7, 11) is 0. The first-order valence-corrected chi connectivity index (χ1v) is 25.5. The normalized spacial score (nSPS) is 15.8. The first kappa shape index (κ1) is 36.9. The highest BCUT2D eigenvalue weighted by molar-refractivity contribution is 6.23. The van der Waals surface area contributed by atoms with Crippen LogP contribution in [0.3, 0.4) is 0 Å². The lowest BCUT2D eigenvalue weighted by atomic mass is 9.78. The molecule has 0 atom stereocenters. The lowest BCUT2D eigenvalue weighted by Gasteiger charge is -2.27. The summed E-state index contributed by atoms with van der Waals surface area (Å²) in [5, 5.41) is 7.60. The van der Waals surface area contributed by atoms with Crippen LogP contribution in [0.5, 0.6) is 11.5 Å². The highest BCUT2D eigenvalue weighted by Gasteiger charge is 2.29. The molecule has 0 radical (unpaired) electrons. The Morgan fingerprint density at radius 3 is 1.86 bits per heavy atom. The Kier molecular flexibility index (Phi) is 8.67. The third-order valence-electron chi connectivity index (χ3n) is 14.9. The molecule has 8 aromatic carbocycles. The zero-order valence-electron chi connectivity index (χ0n) is 53.2. The lowest BCUT2D eigenvalue weighted by Crippen LogP contribution is -2.17. The Hall–Kier alpha value is -7.89. The second kappa shape index (κ2) is 17.4. The van der Waals surface area contributed by atoms with Crippen LogP contribution in [-0.2, 0) is 22.9 Å². The van der Waals surface area contributed by atoms with Crippen molar-refractivity contribution in [2.45, 2.75) is 105 Å². The topological polar surface area (TPSA) is 35.2 Å². The Bertz CT molecular complexity index is 4510. The van der Waals surface area contributed by atoms with Crippen molar-refractivity contribution < 1.29 is 18.4 Å². The number of para-hydroxylation sites is 2. The van der Waals surface area contributed by atoms with Gasteiger partial charge in [-0.15, -0.1) is 0 Å². The summed E-state index contributed by atoms with van der Waals surface area (Å²) in [6.07, 6.45) is 1.87. The smallest absolute Gasteiger partial charge is 0.137 e. The van der Waals surface area contributed by atoms with Gasteiger partial charge in [0.1, 0.15) is 24.0 Å². The molecule has 5 heteroatoms. The summed E-state index contributed by atoms with van der Waals surface area (Å²) in [6.45, 7) is 5.87. The Morgan fingerprint density at radius 1 is 0.527 bits per heavy atom. The zero-order valence-corrected chi connectivity index (χ0v) is 43.2. The highest BCUT2D eigenvalue weighted by Crippen LogP contribution is 2.47. The van der Waals surface area contributed by atoms with Crippen LogP contribution in [0.4, 0.5) is 11.4 Å². The van der Waals surface area contributed by atoms with Crippen LogP contribution in [0.15, 0.2) is 182 Å². The van der Waals surface area contributed by atoms with Crippen molar-refractivity contribution in [2.75, 3.05) is 4.90 Å². The number of nitrogens with zero attached hydrogens (tertiary/aromatic N) is 4. The van der Waals surface area contributed by atoms with E-state index >= 15 is 0 Å². The van der Waals surface area contributed by atoms with E-state index in [1.807, 2.05) is 114 Å². The molecule has 0 aliphatic carbocycles. The Labute approximate surface area is 450 Å². The van der Waals surface area contributed by atoms with E-state index in [0.29, 0.717) is 39.3 Å². The van der Waals surface area contributed by atoms with E-state index in [1.165, 1.54) is 17.7 Å². The van der Waals surface area contributed by atoms with Gasteiger partial charge in [-0.25, -0.2) is 4.98 Å². The minimum absolute atomic E-state index is 0.0896. The molecule has 74 heavy (non-hydrogen) atoms. The van der Waals surface area contributed by atoms with Gasteiger partial charge in [0.05, 0.1) is 27.8 Å². The summed E-state index contributed by atoms with van der Waals surface area (Å²) in [6, 6.07) is 58.3. The third kappa shape index (κ3) is 7.96. The molecule has 368 valence electrons. The molecule has 0 amide bonds. The molecule has 5 nitrogen and oxygen atoms in total. The van der Waals surface area contributed by atoms with Crippen LogP contribution in [0, 0.1) is 0 Å². The van der Waals surface area contributed by atoms with E-state index in [9.17, 15) is 1.37 Å². The predicted octanol–water partition coefficient (Wildman–Crippen LogP) is 19.3. The zero-order chi connectivity index (χ0) is 59.8. The molecule has 12 rings (SSSR count). The largest absolute Gasteiger partial charge is 0.457 e. The summed E-state index contributed by atoms with van der Waals surface area (Å²) in [5.41, 5.74) is 4.30. The number of benzene rings is 8. The van der Waals surface area contributed by atoms with Crippen LogP contribution in [0.1, 0.15) is 118 Å². The molecular formula is C69H66N4O. The van der Waals surface area contributed by atoms with Crippen LogP contribution in [0.25, 0.3) is 82.1 Å². The van der Waals surface area contributed by atoms with Crippen molar-refractivity contribution in [3.63, 3.8) is 0 Å². The van der Waals surface area contributed by atoms with Gasteiger partial charge >= 0.3 is 0 Å². The van der Waals surface area contributed by atoms with Crippen molar-refractivity contribution in [1.29, 1.82) is 0 Å². The van der Waals surface area contributed by atoms with Crippen LogP contribution in [-0.4, -0.2) is 14.1 Å². The number of fused-ring (bicyclic) bond motifs is 10. The maximum Gasteiger partial charge on any atom is 0.137 e. The fourth-order valence-electron chi connectivity index (χ4n) is 11.2. The van der Waals surface area contributed by atoms with E-state index in [-0.39, 0.29) is 17.6 Å². The van der Waals surface area contributed by atoms with E-state index in [4.69, 9.17) is 22.1 Å². The molecule has 0 unspecified atom stereocenters. The fourth-order valence-corrected chi connectivity index (χ4v) is 11.2. The van der Waals surface area contributed by atoms with E-state index in [1.54, 1.807) is 0 Å². The molecule has 0 spiro atoms. The molecule has 1 aliphatic heterocycles. The van der Waals surface area contributed by atoms with E-state index in [0.717, 1.165) is 76.8 Å². The van der Waals surface area contributed by atoms with Gasteiger partial charge < -0.3 is 14.2 Å². The average molecular weight is 977 g/mol. The van der Waals surface area contributed by atoms with Crippen molar-refractivity contribution in [2.24, 2.45) is 0 Å². The lowest BCUT2D eigenvalue weighted by molar-refractivity contribution is 0.483. The number of hydrogen-bond acceptors (Lipinski definition) is 3. The summed E-state index contributed by atoms with van der Waals surface area (Å²) >= 11 is 0. The standard InChI is InChI=1S/C69H66N4O/c1-43(2)51-32-33-52(44-36-46(68(6,7)8)38-47(37-44)69(9,10)11)66-64(51)58-26-15-14-23-54(58)53-22-12-13-24-55(53)59-27-19-29-61-65(59)72(66)42-71(61)48-20-18-21-49(40-48)74-50-30-31-57-56-25-16-17-28-60(56)73(62(57)41-50)63-39-45(34-35-70-63)67(3,4)5/h12-41,43H,42H2,1-11H3/i6D3,7D3,8D3,43D. The number of anilines is 2. The Morgan fingerprint density at radius 2 is 1.15 bits per heavy atom. The van der Waals surface area contributed by atoms with Gasteiger partial charge in [0.15, 0.2) is 0 Å². The molecule has 0 saturated heterocycles. The van der Waals surface area contributed by atoms with Crippen LogP contribution in [0.2, 0.25) is 0 Å². The predicted molar refractivity (Wildman–Crippen MR) is 315 cm³/mol. The van der Waals surface area contributed by atoms with Gasteiger partial charge in [-0.05, 0) is 120 Å². The molecule has 0 saturated carbocycles. The third-order valence-corrected chi connectivity index (χ3v) is 14.9. The average Bonchev–Trinajstić information content (AvgIpc) is 0.947. The first-order valence-electron chi connectivity index (χ1n) is 30.5. The molecule has 11 aromatic rings. The fraction of sp³-hybridized carbons (Fsp3) is 0.232. The van der Waals surface area contributed by atoms with Crippen molar-refractivity contribution in [1.82, 2.24) is 14.1 Å². The summed E-state index contributed by atoms with van der Waals surface area (Å²) in [4.78, 5) is 7.13. The van der Waals surface area contributed by atoms with Crippen LogP contribution >= 0.6 is 0 Å². The van der Waals surface area contributed by atoms with Gasteiger partial charge in [-0.3, -0.25) is 4.57 Å². The van der Waals surface area contributed by atoms with Gasteiger partial charge in [-0.2, -0.15) is 0 Å². The molecule has 0 N–H and O–H groups in total.